The topological polar surface area (TPSA) is 53.1 Å². The molecule has 2 aromatic heterocycles. The number of furan rings is 1. The second-order valence-corrected chi connectivity index (χ2v) is 6.65. The summed E-state index contributed by atoms with van der Waals surface area (Å²) in [5.41, 5.74) is 1.76. The molecule has 0 N–H and O–H groups in total. The Bertz CT molecular complexity index is 1030. The highest BCUT2D eigenvalue weighted by molar-refractivity contribution is 7.98. The van der Waals surface area contributed by atoms with E-state index in [9.17, 15) is 4.39 Å². The first-order valence-electron chi connectivity index (χ1n) is 8.26. The van der Waals surface area contributed by atoms with E-state index in [1.807, 2.05) is 53.1 Å². The molecule has 5 nitrogen and oxygen atoms in total. The molecular weight excluding hydrogens is 365 g/mol. The second kappa shape index (κ2) is 7.67. The molecule has 4 aromatic rings. The average Bonchev–Trinajstić information content (AvgIpc) is 3.36. The van der Waals surface area contributed by atoms with E-state index in [0.29, 0.717) is 22.5 Å². The van der Waals surface area contributed by atoms with Gasteiger partial charge in [0.2, 0.25) is 5.82 Å². The Morgan fingerprint density at radius 1 is 1.07 bits per heavy atom. The number of benzene rings is 2. The number of ether oxygens (including phenoxy) is 1. The number of hydrogen-bond donors (Lipinski definition) is 0. The number of halogens is 1. The summed E-state index contributed by atoms with van der Waals surface area (Å²) in [4.78, 5) is 0. The molecule has 0 fully saturated rings. The molecule has 0 aliphatic rings. The minimum atomic E-state index is -0.378. The first kappa shape index (κ1) is 17.4. The zero-order valence-corrected chi connectivity index (χ0v) is 15.3. The molecule has 2 aromatic carbocycles. The van der Waals surface area contributed by atoms with E-state index in [4.69, 9.17) is 9.15 Å². The molecule has 136 valence electrons. The van der Waals surface area contributed by atoms with Crippen LogP contribution in [-0.4, -0.2) is 21.9 Å². The summed E-state index contributed by atoms with van der Waals surface area (Å²) in [7, 11) is 1.45. The predicted molar refractivity (Wildman–Crippen MR) is 102 cm³/mol. The van der Waals surface area contributed by atoms with Crippen molar-refractivity contribution in [1.29, 1.82) is 0 Å². The van der Waals surface area contributed by atoms with Crippen LogP contribution < -0.4 is 4.74 Å². The van der Waals surface area contributed by atoms with Gasteiger partial charge in [0.25, 0.3) is 0 Å². The summed E-state index contributed by atoms with van der Waals surface area (Å²) < 4.78 is 26.3. The van der Waals surface area contributed by atoms with Crippen molar-refractivity contribution < 1.29 is 13.5 Å². The largest absolute Gasteiger partial charge is 0.494 e. The normalized spacial score (nSPS) is 10.9. The molecule has 0 atom stereocenters. The van der Waals surface area contributed by atoms with E-state index in [1.165, 1.54) is 24.9 Å². The lowest BCUT2D eigenvalue weighted by atomic mass is 10.2. The van der Waals surface area contributed by atoms with Gasteiger partial charge in [0.1, 0.15) is 0 Å². The van der Waals surface area contributed by atoms with Crippen LogP contribution in [0.1, 0.15) is 5.56 Å². The van der Waals surface area contributed by atoms with Gasteiger partial charge in [-0.15, -0.1) is 10.2 Å². The van der Waals surface area contributed by atoms with E-state index >= 15 is 0 Å². The van der Waals surface area contributed by atoms with Crippen LogP contribution in [0.15, 0.2) is 76.5 Å². The maximum Gasteiger partial charge on any atom is 0.205 e. The first-order valence-corrected chi connectivity index (χ1v) is 9.25. The van der Waals surface area contributed by atoms with Gasteiger partial charge < -0.3 is 9.15 Å². The Balaban J connectivity index is 1.66. The standard InChI is InChI=1S/C20H16FN3O2S/c1-25-17-10-9-14(12-16(17)21)13-27-20-23-22-19(18-8-5-11-26-18)24(20)15-6-3-2-4-7-15/h2-12H,13H2,1H3. The minimum absolute atomic E-state index is 0.233. The Morgan fingerprint density at radius 3 is 2.63 bits per heavy atom. The van der Waals surface area contributed by atoms with Gasteiger partial charge in [-0.25, -0.2) is 4.39 Å². The Labute approximate surface area is 159 Å². The third-order valence-corrected chi connectivity index (χ3v) is 4.97. The van der Waals surface area contributed by atoms with Crippen molar-refractivity contribution in [2.24, 2.45) is 0 Å². The van der Waals surface area contributed by atoms with Crippen molar-refractivity contribution in [3.8, 4) is 23.0 Å². The van der Waals surface area contributed by atoms with Crippen molar-refractivity contribution in [2.45, 2.75) is 10.9 Å². The SMILES string of the molecule is COc1ccc(CSc2nnc(-c3ccco3)n2-c2ccccc2)cc1F. The summed E-state index contributed by atoms with van der Waals surface area (Å²) >= 11 is 1.48. The quantitative estimate of drug-likeness (QED) is 0.442. The summed E-state index contributed by atoms with van der Waals surface area (Å²) in [5.74, 6) is 1.65. The molecule has 2 heterocycles. The van der Waals surface area contributed by atoms with E-state index in [-0.39, 0.29) is 11.6 Å². The van der Waals surface area contributed by atoms with Crippen LogP contribution >= 0.6 is 11.8 Å². The molecular formula is C20H16FN3O2S. The van der Waals surface area contributed by atoms with Gasteiger partial charge in [0, 0.05) is 11.4 Å². The lowest BCUT2D eigenvalue weighted by Crippen LogP contribution is -1.99. The molecule has 7 heteroatoms. The molecule has 0 aliphatic carbocycles. The fourth-order valence-corrected chi connectivity index (χ4v) is 3.58. The maximum absolute atomic E-state index is 13.9. The zero-order valence-electron chi connectivity index (χ0n) is 14.5. The monoisotopic (exact) mass is 381 g/mol. The molecule has 0 saturated carbocycles. The van der Waals surface area contributed by atoms with Gasteiger partial charge in [-0.3, -0.25) is 4.57 Å². The van der Waals surface area contributed by atoms with E-state index in [2.05, 4.69) is 10.2 Å². The molecule has 27 heavy (non-hydrogen) atoms. The highest BCUT2D eigenvalue weighted by Crippen LogP contribution is 2.30. The Hall–Kier alpha value is -3.06. The lowest BCUT2D eigenvalue weighted by Gasteiger charge is -2.09. The molecule has 0 unspecified atom stereocenters. The Morgan fingerprint density at radius 2 is 1.93 bits per heavy atom. The van der Waals surface area contributed by atoms with Crippen LogP contribution in [0.5, 0.6) is 5.75 Å². The van der Waals surface area contributed by atoms with Crippen molar-refractivity contribution in [3.05, 3.63) is 78.3 Å². The first-order chi connectivity index (χ1) is 13.3. The number of methoxy groups -OCH3 is 1. The molecule has 4 rings (SSSR count). The van der Waals surface area contributed by atoms with Crippen LogP contribution in [-0.2, 0) is 5.75 Å². The van der Waals surface area contributed by atoms with Gasteiger partial charge in [-0.1, -0.05) is 36.0 Å². The third kappa shape index (κ3) is 3.59. The molecule has 0 radical (unpaired) electrons. The maximum atomic E-state index is 13.9. The third-order valence-electron chi connectivity index (χ3n) is 3.97. The molecule has 0 amide bonds. The number of nitrogens with zero attached hydrogens (tertiary/aromatic N) is 3. The lowest BCUT2D eigenvalue weighted by molar-refractivity contribution is 0.386. The highest BCUT2D eigenvalue weighted by atomic mass is 32.2. The fraction of sp³-hybridized carbons (Fsp3) is 0.100. The summed E-state index contributed by atoms with van der Waals surface area (Å²) in [5, 5.41) is 9.31. The zero-order chi connectivity index (χ0) is 18.6. The van der Waals surface area contributed by atoms with Crippen LogP contribution in [0, 0.1) is 5.82 Å². The number of hydrogen-bond acceptors (Lipinski definition) is 5. The smallest absolute Gasteiger partial charge is 0.205 e. The van der Waals surface area contributed by atoms with Gasteiger partial charge >= 0.3 is 0 Å². The van der Waals surface area contributed by atoms with Crippen LogP contribution in [0.25, 0.3) is 17.3 Å². The van der Waals surface area contributed by atoms with Gasteiger partial charge in [-0.2, -0.15) is 0 Å². The predicted octanol–water partition coefficient (Wildman–Crippen LogP) is 4.97. The van der Waals surface area contributed by atoms with Crippen LogP contribution in [0.3, 0.4) is 0 Å². The van der Waals surface area contributed by atoms with E-state index in [0.717, 1.165) is 11.3 Å². The van der Waals surface area contributed by atoms with Gasteiger partial charge in [0.15, 0.2) is 22.5 Å². The summed E-state index contributed by atoms with van der Waals surface area (Å²) in [6, 6.07) is 18.4. The van der Waals surface area contributed by atoms with Gasteiger partial charge in [-0.05, 0) is 42.0 Å². The summed E-state index contributed by atoms with van der Waals surface area (Å²) in [6.07, 6.45) is 1.60. The number of rotatable bonds is 6. The van der Waals surface area contributed by atoms with Crippen molar-refractivity contribution >= 4 is 11.8 Å². The van der Waals surface area contributed by atoms with Gasteiger partial charge in [0.05, 0.1) is 13.4 Å². The average molecular weight is 381 g/mol. The molecule has 0 aliphatic heterocycles. The van der Waals surface area contributed by atoms with Crippen molar-refractivity contribution in [1.82, 2.24) is 14.8 Å². The van der Waals surface area contributed by atoms with Crippen LogP contribution in [0.4, 0.5) is 4.39 Å². The van der Waals surface area contributed by atoms with Crippen molar-refractivity contribution in [3.63, 3.8) is 0 Å². The van der Waals surface area contributed by atoms with Crippen molar-refractivity contribution in [2.75, 3.05) is 7.11 Å². The second-order valence-electron chi connectivity index (χ2n) is 5.71. The number of thioether (sulfide) groups is 1. The van der Waals surface area contributed by atoms with E-state index in [1.54, 1.807) is 12.3 Å². The van der Waals surface area contributed by atoms with Crippen LogP contribution in [0.2, 0.25) is 0 Å². The molecule has 0 bridgehead atoms. The fourth-order valence-electron chi connectivity index (χ4n) is 2.69. The minimum Gasteiger partial charge on any atom is -0.494 e. The Kier molecular flexibility index (Phi) is 4.93. The number of para-hydroxylation sites is 1. The highest BCUT2D eigenvalue weighted by Gasteiger charge is 2.18. The molecule has 0 saturated heterocycles. The summed E-state index contributed by atoms with van der Waals surface area (Å²) in [6.45, 7) is 0. The van der Waals surface area contributed by atoms with E-state index < -0.39 is 0 Å². The molecule has 0 spiro atoms. The number of aromatic nitrogens is 3.